The fourth-order valence-electron chi connectivity index (χ4n) is 11.6. The van der Waals surface area contributed by atoms with Crippen molar-refractivity contribution in [3.8, 4) is 22.3 Å². The van der Waals surface area contributed by atoms with Gasteiger partial charge in [0, 0.05) is 98.9 Å². The van der Waals surface area contributed by atoms with Gasteiger partial charge in [-0.05, 0) is 90.6 Å². The molecule has 5 aromatic rings. The molecule has 2 aliphatic rings. The van der Waals surface area contributed by atoms with Crippen LogP contribution < -0.4 is 26.6 Å². The molecule has 12 atom stereocenters. The number of rotatable bonds is 40. The van der Waals surface area contributed by atoms with Crippen LogP contribution in [0.25, 0.3) is 22.3 Å². The predicted octanol–water partition coefficient (Wildman–Crippen LogP) is 2.82. The molecule has 0 radical (unpaired) electrons. The number of carboxylic acids is 1. The first-order valence-corrected chi connectivity index (χ1v) is 35.4. The molecular formula is C67H76N10O29S2. The number of aldehydes is 1. The van der Waals surface area contributed by atoms with Gasteiger partial charge in [-0.1, -0.05) is 24.3 Å². The number of carbonyl (C=O) groups excluding carboxylic acids is 7. The minimum absolute atomic E-state index is 0.0163. The van der Waals surface area contributed by atoms with Gasteiger partial charge in [0.1, 0.15) is 24.4 Å². The molecule has 7 rings (SSSR count). The molecule has 0 unspecified atom stereocenters. The number of amides is 5. The summed E-state index contributed by atoms with van der Waals surface area (Å²) in [7, 11) is 0. The number of nitro benzene ring substituents is 5. The Labute approximate surface area is 620 Å². The van der Waals surface area contributed by atoms with E-state index in [1.807, 2.05) is 0 Å². The maximum absolute atomic E-state index is 13.3. The number of benzene rings is 5. The zero-order chi connectivity index (χ0) is 79.3. The highest BCUT2D eigenvalue weighted by atomic mass is 32.2. The average molecular weight is 1550 g/mol. The fraction of sp³-hybridized carbons (Fsp3) is 0.433. The van der Waals surface area contributed by atoms with Gasteiger partial charge in [0.05, 0.1) is 103 Å². The maximum atomic E-state index is 13.3. The second-order valence-corrected chi connectivity index (χ2v) is 27.1. The Morgan fingerprint density at radius 1 is 0.537 bits per heavy atom. The molecule has 5 amide bonds. The molecule has 5 aromatic carbocycles. The largest absolute Gasteiger partial charge is 0.477 e. The minimum Gasteiger partial charge on any atom is -0.477 e. The van der Waals surface area contributed by atoms with E-state index >= 15 is 0 Å². The standard InChI is InChI=1S/C67H76N10O29S2/c1-36(79)71-56-52(82)31-66(35-78,105-60(56)58(86)54(84)33-69-63(89)41-11-7-38(8-12-41)45-19-16-43(73(93)94)29-49(45)76(99)100)103-22-4-26-108-27-21-68-62(88)40-13-9-39(10-14-40)51(81)6-3-24-107-25-5-23-104-67(65(91)92)32-53(83)57(72-37(2)80)61(106-67)59(87)55(85)34-70-64(90)42-15-18-46(48(28-42)75(97)98)47-20-17-44(74(95)96)30-50(47)77(101)102/h7-20,28-30,35,52-61,82-87H,3-6,21-27,31-34H2,1-2H3,(H,68,88)(H,69,89)(H,70,90)(H,71,79)(H,72,80)(H,91,92)/t52-,53-,54+,55-,56+,57+,58+,59+,60+,61+,66+,67+/m0/s1. The summed E-state index contributed by atoms with van der Waals surface area (Å²) in [6.07, 6.45) is -14.7. The van der Waals surface area contributed by atoms with Crippen LogP contribution >= 0.6 is 23.5 Å². The molecule has 580 valence electrons. The van der Waals surface area contributed by atoms with Crippen LogP contribution in [0.15, 0.2) is 103 Å². The molecule has 0 bridgehead atoms. The Bertz CT molecular complexity index is 4160. The van der Waals surface area contributed by atoms with Gasteiger partial charge in [0.15, 0.2) is 12.1 Å². The lowest BCUT2D eigenvalue weighted by atomic mass is 9.88. The van der Waals surface area contributed by atoms with Gasteiger partial charge in [0.25, 0.3) is 51.9 Å². The van der Waals surface area contributed by atoms with E-state index in [1.165, 1.54) is 78.1 Å². The maximum Gasteiger partial charge on any atom is 0.364 e. The number of carboxylic acid groups (broad SMARTS) is 1. The topological polar surface area (TPSA) is 591 Å². The van der Waals surface area contributed by atoms with Crippen molar-refractivity contribution in [2.24, 2.45) is 0 Å². The zero-order valence-corrected chi connectivity index (χ0v) is 59.1. The normalized spacial score (nSPS) is 20.8. The van der Waals surface area contributed by atoms with Crippen molar-refractivity contribution >= 4 is 99.5 Å². The molecule has 0 spiro atoms. The Kier molecular flexibility index (Phi) is 30.5. The van der Waals surface area contributed by atoms with Crippen LogP contribution in [0.1, 0.15) is 93.8 Å². The number of nitro groups is 5. The number of Topliss-reactive ketones (excluding diaryl/α,β-unsaturated/α-hetero) is 1. The van der Waals surface area contributed by atoms with E-state index in [0.717, 1.165) is 56.3 Å². The van der Waals surface area contributed by atoms with Gasteiger partial charge < -0.3 is 81.3 Å². The van der Waals surface area contributed by atoms with E-state index in [9.17, 15) is 125 Å². The van der Waals surface area contributed by atoms with E-state index in [0.29, 0.717) is 47.5 Å². The number of aliphatic hydroxyl groups excluding tert-OH is 6. The smallest absolute Gasteiger partial charge is 0.364 e. The number of ketones is 1. The van der Waals surface area contributed by atoms with Crippen LogP contribution in [0.3, 0.4) is 0 Å². The van der Waals surface area contributed by atoms with E-state index in [4.69, 9.17) is 18.9 Å². The van der Waals surface area contributed by atoms with Crippen molar-refractivity contribution in [3.05, 3.63) is 176 Å². The van der Waals surface area contributed by atoms with Crippen LogP contribution in [0.4, 0.5) is 28.4 Å². The number of aliphatic carboxylic acids is 1. The van der Waals surface area contributed by atoms with E-state index < -0.39 is 193 Å². The number of hydrogen-bond acceptors (Lipinski definition) is 30. The summed E-state index contributed by atoms with van der Waals surface area (Å²) in [5.74, 6) is -8.65. The third-order valence-electron chi connectivity index (χ3n) is 17.0. The van der Waals surface area contributed by atoms with Crippen molar-refractivity contribution in [1.82, 2.24) is 26.6 Å². The van der Waals surface area contributed by atoms with Gasteiger partial charge in [0.2, 0.25) is 17.6 Å². The number of ether oxygens (including phenoxy) is 4. The summed E-state index contributed by atoms with van der Waals surface area (Å²) in [6, 6.07) is 16.7. The Hall–Kier alpha value is -10.4. The summed E-state index contributed by atoms with van der Waals surface area (Å²) >= 11 is 2.82. The van der Waals surface area contributed by atoms with Crippen molar-refractivity contribution in [2.45, 2.75) is 125 Å². The van der Waals surface area contributed by atoms with Gasteiger partial charge in [-0.2, -0.15) is 23.5 Å². The van der Waals surface area contributed by atoms with Crippen LogP contribution in [0.5, 0.6) is 0 Å². The monoisotopic (exact) mass is 1550 g/mol. The third-order valence-corrected chi connectivity index (χ3v) is 19.3. The summed E-state index contributed by atoms with van der Waals surface area (Å²) in [6.45, 7) is 0.561. The Morgan fingerprint density at radius 3 is 1.47 bits per heavy atom. The summed E-state index contributed by atoms with van der Waals surface area (Å²) in [5, 5.41) is 148. The number of carbonyl (C=O) groups is 8. The second kappa shape index (κ2) is 38.9. The van der Waals surface area contributed by atoms with Gasteiger partial charge in [-0.15, -0.1) is 0 Å². The quantitative estimate of drug-likeness (QED) is 0.00882. The van der Waals surface area contributed by atoms with Crippen LogP contribution in [-0.4, -0.2) is 236 Å². The second-order valence-electron chi connectivity index (χ2n) is 24.7. The molecule has 41 heteroatoms. The molecule has 2 saturated heterocycles. The first kappa shape index (κ1) is 84.8. The molecule has 12 N–H and O–H groups in total. The molecular weight excluding hydrogens is 1470 g/mol. The molecule has 108 heavy (non-hydrogen) atoms. The Balaban J connectivity index is 0.794. The van der Waals surface area contributed by atoms with Crippen LogP contribution in [0, 0.1) is 50.6 Å². The number of hydrogen-bond donors (Lipinski definition) is 12. The molecule has 2 heterocycles. The Morgan fingerprint density at radius 2 is 0.963 bits per heavy atom. The third kappa shape index (κ3) is 22.3. The number of aliphatic hydroxyl groups is 6. The predicted molar refractivity (Wildman–Crippen MR) is 379 cm³/mol. The number of nitrogens with one attached hydrogen (secondary N) is 5. The van der Waals surface area contributed by atoms with Crippen molar-refractivity contribution in [3.63, 3.8) is 0 Å². The van der Waals surface area contributed by atoms with Crippen molar-refractivity contribution < 1.29 is 118 Å². The van der Waals surface area contributed by atoms with Crippen molar-refractivity contribution in [1.29, 1.82) is 0 Å². The molecule has 39 nitrogen and oxygen atoms in total. The number of thioether (sulfide) groups is 2. The highest BCUT2D eigenvalue weighted by Crippen LogP contribution is 2.40. The van der Waals surface area contributed by atoms with E-state index in [2.05, 4.69) is 26.6 Å². The number of nitrogens with zero attached hydrogens (tertiary/aromatic N) is 5. The van der Waals surface area contributed by atoms with Crippen LogP contribution in [-0.2, 0) is 38.1 Å². The minimum atomic E-state index is -2.64. The highest BCUT2D eigenvalue weighted by molar-refractivity contribution is 7.99. The lowest BCUT2D eigenvalue weighted by Gasteiger charge is -2.46. The average Bonchev–Trinajstić information content (AvgIpc) is 0.780. The number of non-ortho nitro benzene ring substituents is 2. The molecule has 2 aliphatic heterocycles. The molecule has 2 fully saturated rings. The van der Waals surface area contributed by atoms with Gasteiger partial charge in [-0.25, -0.2) is 4.79 Å². The summed E-state index contributed by atoms with van der Waals surface area (Å²) in [4.78, 5) is 156. The molecule has 0 saturated carbocycles. The fourth-order valence-corrected chi connectivity index (χ4v) is 13.3. The van der Waals surface area contributed by atoms with E-state index in [-0.39, 0.29) is 78.1 Å². The summed E-state index contributed by atoms with van der Waals surface area (Å²) in [5.41, 5.74) is -3.59. The first-order valence-electron chi connectivity index (χ1n) is 33.0. The molecule has 0 aromatic heterocycles. The van der Waals surface area contributed by atoms with Crippen LogP contribution in [0.2, 0.25) is 0 Å². The van der Waals surface area contributed by atoms with Gasteiger partial charge >= 0.3 is 5.97 Å². The highest BCUT2D eigenvalue weighted by Gasteiger charge is 2.56. The zero-order valence-electron chi connectivity index (χ0n) is 57.4. The van der Waals surface area contributed by atoms with Gasteiger partial charge in [-0.3, -0.25) is 84.1 Å². The van der Waals surface area contributed by atoms with Crippen molar-refractivity contribution in [2.75, 3.05) is 55.9 Å². The van der Waals surface area contributed by atoms with E-state index in [1.54, 1.807) is 0 Å². The molecule has 0 aliphatic carbocycles. The summed E-state index contributed by atoms with van der Waals surface area (Å²) < 4.78 is 23.2. The first-order chi connectivity index (χ1) is 51.2. The lowest BCUT2D eigenvalue weighted by molar-refractivity contribution is -0.394. The lowest BCUT2D eigenvalue weighted by Crippen LogP contribution is -2.68. The SMILES string of the molecule is CC(=O)N[C@H]1[C@H]([C@H](O)[C@H](O)CNC(=O)c2ccc(-c3ccc([N+](=O)[O-])cc3[N+](=O)[O-])cc2)O[C@](C=O)(OCCCSCCNC(=O)c2ccc(C(=O)CCCSCCCO[C@]3(C(=O)O)C[C@H](O)[C@@H](NC(C)=O)[C@H]([C@H](O)[C@@H](O)CNC(=O)c4ccc(-c5ccc([N+](=O)[O-])cc5[N+](=O)[O-])c([N+](=O)[O-])c4)O3)cc2)C[C@@H]1O.